The zero-order valence-electron chi connectivity index (χ0n) is 9.12. The number of hydrogen-bond donors (Lipinski definition) is 0. The molecule has 1 saturated heterocycles. The second-order valence-corrected chi connectivity index (χ2v) is 5.91. The number of rotatable bonds is 3. The van der Waals surface area contributed by atoms with Crippen LogP contribution in [0.5, 0.6) is 0 Å². The molecule has 2 nitrogen and oxygen atoms in total. The largest absolute Gasteiger partial charge is 0.501 e. The SMILES string of the molecule is C/C=C/OCC1(C)CCCCS(=O)C1. The van der Waals surface area contributed by atoms with E-state index in [1.165, 1.54) is 6.42 Å². The molecular formula is C11H20O2S. The molecule has 3 heteroatoms. The molecule has 14 heavy (non-hydrogen) atoms. The van der Waals surface area contributed by atoms with Crippen LogP contribution in [0.25, 0.3) is 0 Å². The highest BCUT2D eigenvalue weighted by Gasteiger charge is 2.29. The van der Waals surface area contributed by atoms with E-state index >= 15 is 0 Å². The van der Waals surface area contributed by atoms with E-state index in [0.29, 0.717) is 6.61 Å². The monoisotopic (exact) mass is 216 g/mol. The van der Waals surface area contributed by atoms with Gasteiger partial charge in [0.2, 0.25) is 0 Å². The highest BCUT2D eigenvalue weighted by atomic mass is 32.2. The third-order valence-electron chi connectivity index (χ3n) is 2.58. The Labute approximate surface area is 89.2 Å². The highest BCUT2D eigenvalue weighted by molar-refractivity contribution is 7.85. The molecule has 0 bridgehead atoms. The van der Waals surface area contributed by atoms with Crippen LogP contribution in [0.2, 0.25) is 0 Å². The van der Waals surface area contributed by atoms with Crippen molar-refractivity contribution >= 4 is 10.8 Å². The Hall–Kier alpha value is -0.310. The minimum atomic E-state index is -0.636. The summed E-state index contributed by atoms with van der Waals surface area (Å²) in [6.45, 7) is 4.82. The van der Waals surface area contributed by atoms with Crippen molar-refractivity contribution in [1.29, 1.82) is 0 Å². The molecule has 0 aromatic heterocycles. The van der Waals surface area contributed by atoms with Gasteiger partial charge in [-0.2, -0.15) is 0 Å². The lowest BCUT2D eigenvalue weighted by Gasteiger charge is -2.26. The van der Waals surface area contributed by atoms with Crippen LogP contribution in [-0.4, -0.2) is 22.3 Å². The molecule has 1 aliphatic rings. The van der Waals surface area contributed by atoms with E-state index in [-0.39, 0.29) is 5.41 Å². The lowest BCUT2D eigenvalue weighted by molar-refractivity contribution is 0.131. The first-order chi connectivity index (χ1) is 6.66. The quantitative estimate of drug-likeness (QED) is 0.677. The predicted molar refractivity (Wildman–Crippen MR) is 60.6 cm³/mol. The van der Waals surface area contributed by atoms with Crippen LogP contribution in [0.1, 0.15) is 33.1 Å². The lowest BCUT2D eigenvalue weighted by Crippen LogP contribution is -2.28. The molecule has 0 spiro atoms. The minimum Gasteiger partial charge on any atom is -0.501 e. The maximum atomic E-state index is 11.6. The smallest absolute Gasteiger partial charge is 0.0935 e. The molecule has 0 saturated carbocycles. The zero-order chi connectivity index (χ0) is 10.4. The fourth-order valence-corrected chi connectivity index (χ4v) is 3.48. The molecule has 1 aliphatic heterocycles. The van der Waals surface area contributed by atoms with Gasteiger partial charge in [-0.3, -0.25) is 4.21 Å². The van der Waals surface area contributed by atoms with Crippen LogP contribution in [-0.2, 0) is 15.5 Å². The molecule has 0 aliphatic carbocycles. The molecule has 0 amide bonds. The van der Waals surface area contributed by atoms with Crippen molar-refractivity contribution in [1.82, 2.24) is 0 Å². The molecule has 2 unspecified atom stereocenters. The zero-order valence-corrected chi connectivity index (χ0v) is 9.94. The van der Waals surface area contributed by atoms with Crippen molar-refractivity contribution in [3.63, 3.8) is 0 Å². The number of hydrogen-bond acceptors (Lipinski definition) is 2. The maximum absolute atomic E-state index is 11.6. The van der Waals surface area contributed by atoms with Crippen LogP contribution in [0.15, 0.2) is 12.3 Å². The third kappa shape index (κ3) is 3.82. The second kappa shape index (κ2) is 5.54. The van der Waals surface area contributed by atoms with Crippen molar-refractivity contribution in [3.8, 4) is 0 Å². The molecule has 82 valence electrons. The normalized spacial score (nSPS) is 34.3. The van der Waals surface area contributed by atoms with E-state index in [4.69, 9.17) is 4.74 Å². The first-order valence-corrected chi connectivity index (χ1v) is 6.73. The predicted octanol–water partition coefficient (Wildman–Crippen LogP) is 2.48. The van der Waals surface area contributed by atoms with Crippen LogP contribution >= 0.6 is 0 Å². The fraction of sp³-hybridized carbons (Fsp3) is 0.818. The van der Waals surface area contributed by atoms with Gasteiger partial charge >= 0.3 is 0 Å². The summed E-state index contributed by atoms with van der Waals surface area (Å²) in [6, 6.07) is 0. The molecule has 0 aromatic rings. The molecule has 0 N–H and O–H groups in total. The van der Waals surface area contributed by atoms with E-state index in [1.807, 2.05) is 13.0 Å². The van der Waals surface area contributed by atoms with E-state index in [0.717, 1.165) is 24.3 Å². The summed E-state index contributed by atoms with van der Waals surface area (Å²) in [5.74, 6) is 1.67. The van der Waals surface area contributed by atoms with Crippen molar-refractivity contribution in [2.75, 3.05) is 18.1 Å². The molecule has 1 fully saturated rings. The Bertz CT molecular complexity index is 225. The van der Waals surface area contributed by atoms with Crippen molar-refractivity contribution in [2.45, 2.75) is 33.1 Å². The highest BCUT2D eigenvalue weighted by Crippen LogP contribution is 2.29. The van der Waals surface area contributed by atoms with E-state index in [9.17, 15) is 4.21 Å². The summed E-state index contributed by atoms with van der Waals surface area (Å²) in [4.78, 5) is 0. The van der Waals surface area contributed by atoms with Crippen LogP contribution < -0.4 is 0 Å². The van der Waals surface area contributed by atoms with Gasteiger partial charge < -0.3 is 4.74 Å². The summed E-state index contributed by atoms with van der Waals surface area (Å²) >= 11 is 0. The van der Waals surface area contributed by atoms with Gasteiger partial charge in [0.05, 0.1) is 12.9 Å². The minimum absolute atomic E-state index is 0.112. The third-order valence-corrected chi connectivity index (χ3v) is 4.34. The van der Waals surface area contributed by atoms with Crippen molar-refractivity contribution < 1.29 is 8.95 Å². The number of allylic oxidation sites excluding steroid dienone is 1. The second-order valence-electron chi connectivity index (χ2n) is 4.34. The topological polar surface area (TPSA) is 26.3 Å². The summed E-state index contributed by atoms with van der Waals surface area (Å²) < 4.78 is 17.0. The summed E-state index contributed by atoms with van der Waals surface area (Å²) in [7, 11) is -0.636. The van der Waals surface area contributed by atoms with Gasteiger partial charge in [0.15, 0.2) is 0 Å². The Morgan fingerprint density at radius 2 is 2.29 bits per heavy atom. The Balaban J connectivity index is 2.47. The molecular weight excluding hydrogens is 196 g/mol. The Morgan fingerprint density at radius 3 is 3.00 bits per heavy atom. The first-order valence-electron chi connectivity index (χ1n) is 5.24. The molecule has 0 aromatic carbocycles. The maximum Gasteiger partial charge on any atom is 0.0935 e. The van der Waals surface area contributed by atoms with Crippen LogP contribution in [0, 0.1) is 5.41 Å². The van der Waals surface area contributed by atoms with Gasteiger partial charge in [0.25, 0.3) is 0 Å². The fourth-order valence-electron chi connectivity index (χ4n) is 1.81. The van der Waals surface area contributed by atoms with Crippen molar-refractivity contribution in [2.24, 2.45) is 5.41 Å². The van der Waals surface area contributed by atoms with Crippen molar-refractivity contribution in [3.05, 3.63) is 12.3 Å². The van der Waals surface area contributed by atoms with Gasteiger partial charge in [0.1, 0.15) is 0 Å². The summed E-state index contributed by atoms with van der Waals surface area (Å²) in [5.41, 5.74) is 0.112. The van der Waals surface area contributed by atoms with E-state index in [2.05, 4.69) is 6.92 Å². The van der Waals surface area contributed by atoms with Crippen LogP contribution in [0.3, 0.4) is 0 Å². The van der Waals surface area contributed by atoms with Gasteiger partial charge in [-0.25, -0.2) is 0 Å². The van der Waals surface area contributed by atoms with Gasteiger partial charge in [0, 0.05) is 27.7 Å². The molecule has 0 radical (unpaired) electrons. The van der Waals surface area contributed by atoms with E-state index in [1.54, 1.807) is 6.26 Å². The summed E-state index contributed by atoms with van der Waals surface area (Å²) in [6.07, 6.45) is 7.03. The average molecular weight is 216 g/mol. The first kappa shape index (κ1) is 11.8. The lowest BCUT2D eigenvalue weighted by atomic mass is 9.88. The van der Waals surface area contributed by atoms with Crippen LogP contribution in [0.4, 0.5) is 0 Å². The molecule has 1 heterocycles. The van der Waals surface area contributed by atoms with E-state index < -0.39 is 10.8 Å². The molecule has 1 rings (SSSR count). The number of ether oxygens (including phenoxy) is 1. The Kier molecular flexibility index (Phi) is 4.66. The van der Waals surface area contributed by atoms with Gasteiger partial charge in [-0.05, 0) is 19.8 Å². The standard InChI is InChI=1S/C11H20O2S/c1-3-7-13-9-11(2)6-4-5-8-14(12)10-11/h3,7H,4-6,8-10H2,1-2H3/b7-3+. The Morgan fingerprint density at radius 1 is 1.50 bits per heavy atom. The van der Waals surface area contributed by atoms with Gasteiger partial charge in [-0.1, -0.05) is 19.4 Å². The molecule has 2 atom stereocenters. The average Bonchev–Trinajstić information content (AvgIpc) is 2.28. The summed E-state index contributed by atoms with van der Waals surface area (Å²) in [5, 5.41) is 0. The van der Waals surface area contributed by atoms with Gasteiger partial charge in [-0.15, -0.1) is 0 Å².